The Morgan fingerprint density at radius 3 is 2.67 bits per heavy atom. The molecular formula is C9H9BrClN. The Kier molecular flexibility index (Phi) is 2.40. The molecule has 3 heteroatoms. The van der Waals surface area contributed by atoms with Gasteiger partial charge in [-0.25, -0.2) is 0 Å². The molecule has 1 aromatic carbocycles. The van der Waals surface area contributed by atoms with Crippen LogP contribution in [0.3, 0.4) is 0 Å². The molecule has 1 aliphatic rings. The first-order valence-electron chi connectivity index (χ1n) is 3.93. The molecule has 0 aliphatic carbocycles. The molecular weight excluding hydrogens is 237 g/mol. The highest BCUT2D eigenvalue weighted by molar-refractivity contribution is 9.10. The lowest BCUT2D eigenvalue weighted by molar-refractivity contribution is 0.448. The van der Waals surface area contributed by atoms with E-state index in [1.807, 2.05) is 6.07 Å². The van der Waals surface area contributed by atoms with Crippen LogP contribution in [0, 0.1) is 0 Å². The van der Waals surface area contributed by atoms with Gasteiger partial charge in [-0.1, -0.05) is 17.7 Å². The molecule has 1 heterocycles. The van der Waals surface area contributed by atoms with Crippen LogP contribution in [-0.2, 0) is 0 Å². The monoisotopic (exact) mass is 245 g/mol. The molecule has 0 bridgehead atoms. The van der Waals surface area contributed by atoms with Gasteiger partial charge in [0.1, 0.15) is 0 Å². The van der Waals surface area contributed by atoms with Gasteiger partial charge in [-0.3, -0.25) is 0 Å². The smallest absolute Gasteiger partial charge is 0.0548 e. The number of benzene rings is 1. The molecule has 0 radical (unpaired) electrons. The first-order chi connectivity index (χ1) is 5.77. The Morgan fingerprint density at radius 1 is 1.42 bits per heavy atom. The lowest BCUT2D eigenvalue weighted by atomic mass is 9.94. The third-order valence-electron chi connectivity index (χ3n) is 2.20. The minimum atomic E-state index is 0.679. The SMILES string of the molecule is Clc1ccc(C2CNC2)cc1Br. The summed E-state index contributed by atoms with van der Waals surface area (Å²) < 4.78 is 0.994. The number of hydrogen-bond acceptors (Lipinski definition) is 1. The molecule has 2 rings (SSSR count). The van der Waals surface area contributed by atoms with Gasteiger partial charge in [-0.2, -0.15) is 0 Å². The van der Waals surface area contributed by atoms with Crippen molar-refractivity contribution < 1.29 is 0 Å². The van der Waals surface area contributed by atoms with Crippen LogP contribution in [0.1, 0.15) is 11.5 Å². The van der Waals surface area contributed by atoms with E-state index in [2.05, 4.69) is 33.4 Å². The van der Waals surface area contributed by atoms with Gasteiger partial charge in [0, 0.05) is 23.5 Å². The van der Waals surface area contributed by atoms with Gasteiger partial charge in [0.15, 0.2) is 0 Å². The van der Waals surface area contributed by atoms with Gasteiger partial charge in [0.05, 0.1) is 5.02 Å². The van der Waals surface area contributed by atoms with Crippen molar-refractivity contribution in [2.45, 2.75) is 5.92 Å². The maximum absolute atomic E-state index is 5.88. The van der Waals surface area contributed by atoms with E-state index in [1.54, 1.807) is 0 Å². The molecule has 12 heavy (non-hydrogen) atoms. The first-order valence-corrected chi connectivity index (χ1v) is 5.10. The summed E-state index contributed by atoms with van der Waals surface area (Å²) in [4.78, 5) is 0. The zero-order chi connectivity index (χ0) is 8.55. The summed E-state index contributed by atoms with van der Waals surface area (Å²) in [5.74, 6) is 0.679. The van der Waals surface area contributed by atoms with Crippen LogP contribution in [0.4, 0.5) is 0 Å². The summed E-state index contributed by atoms with van der Waals surface area (Å²) in [6.07, 6.45) is 0. The Balaban J connectivity index is 2.27. The molecule has 0 amide bonds. The summed E-state index contributed by atoms with van der Waals surface area (Å²) in [5, 5.41) is 4.03. The van der Waals surface area contributed by atoms with E-state index >= 15 is 0 Å². The maximum Gasteiger partial charge on any atom is 0.0548 e. The van der Waals surface area contributed by atoms with Crippen LogP contribution in [0.5, 0.6) is 0 Å². The van der Waals surface area contributed by atoms with Gasteiger partial charge >= 0.3 is 0 Å². The highest BCUT2D eigenvalue weighted by Gasteiger charge is 2.18. The Labute approximate surface area is 85.2 Å². The van der Waals surface area contributed by atoms with Gasteiger partial charge in [-0.05, 0) is 33.6 Å². The Hall–Kier alpha value is -0.0500. The van der Waals surface area contributed by atoms with Crippen molar-refractivity contribution in [1.82, 2.24) is 5.32 Å². The van der Waals surface area contributed by atoms with Crippen LogP contribution in [0.25, 0.3) is 0 Å². The molecule has 0 unspecified atom stereocenters. The van der Waals surface area contributed by atoms with E-state index in [1.165, 1.54) is 5.56 Å². The van der Waals surface area contributed by atoms with E-state index in [-0.39, 0.29) is 0 Å². The highest BCUT2D eigenvalue weighted by atomic mass is 79.9. The fraction of sp³-hybridized carbons (Fsp3) is 0.333. The van der Waals surface area contributed by atoms with Crippen molar-refractivity contribution >= 4 is 27.5 Å². The van der Waals surface area contributed by atoms with Crippen molar-refractivity contribution in [2.24, 2.45) is 0 Å². The van der Waals surface area contributed by atoms with Crippen LogP contribution in [0.15, 0.2) is 22.7 Å². The van der Waals surface area contributed by atoms with Crippen molar-refractivity contribution in [1.29, 1.82) is 0 Å². The molecule has 1 N–H and O–H groups in total. The van der Waals surface area contributed by atoms with E-state index in [4.69, 9.17) is 11.6 Å². The van der Waals surface area contributed by atoms with Gasteiger partial charge < -0.3 is 5.32 Å². The molecule has 1 fully saturated rings. The average molecular weight is 247 g/mol. The van der Waals surface area contributed by atoms with Crippen molar-refractivity contribution in [3.05, 3.63) is 33.3 Å². The number of halogens is 2. The molecule has 1 nitrogen and oxygen atoms in total. The molecule has 0 atom stereocenters. The largest absolute Gasteiger partial charge is 0.315 e. The minimum absolute atomic E-state index is 0.679. The van der Waals surface area contributed by atoms with Crippen LogP contribution in [-0.4, -0.2) is 13.1 Å². The van der Waals surface area contributed by atoms with Crippen LogP contribution < -0.4 is 5.32 Å². The zero-order valence-electron chi connectivity index (χ0n) is 6.48. The molecule has 1 saturated heterocycles. The van der Waals surface area contributed by atoms with Gasteiger partial charge in [0.25, 0.3) is 0 Å². The van der Waals surface area contributed by atoms with Crippen LogP contribution in [0.2, 0.25) is 5.02 Å². The zero-order valence-corrected chi connectivity index (χ0v) is 8.82. The molecule has 64 valence electrons. The molecule has 0 spiro atoms. The number of nitrogens with one attached hydrogen (secondary N) is 1. The second kappa shape index (κ2) is 3.36. The standard InChI is InChI=1S/C9H9BrClN/c10-8-3-6(1-2-9(8)11)7-4-12-5-7/h1-3,7,12H,4-5H2. The normalized spacial score (nSPS) is 17.5. The molecule has 1 aromatic rings. The number of hydrogen-bond donors (Lipinski definition) is 1. The average Bonchev–Trinajstić information content (AvgIpc) is 1.93. The van der Waals surface area contributed by atoms with E-state index in [0.717, 1.165) is 22.6 Å². The van der Waals surface area contributed by atoms with E-state index < -0.39 is 0 Å². The third kappa shape index (κ3) is 1.51. The van der Waals surface area contributed by atoms with Crippen molar-refractivity contribution in [2.75, 3.05) is 13.1 Å². The quantitative estimate of drug-likeness (QED) is 0.803. The lowest BCUT2D eigenvalue weighted by Crippen LogP contribution is -2.39. The van der Waals surface area contributed by atoms with Crippen molar-refractivity contribution in [3.8, 4) is 0 Å². The minimum Gasteiger partial charge on any atom is -0.315 e. The lowest BCUT2D eigenvalue weighted by Gasteiger charge is -2.27. The van der Waals surface area contributed by atoms with Gasteiger partial charge in [-0.15, -0.1) is 0 Å². The highest BCUT2D eigenvalue weighted by Crippen LogP contribution is 2.28. The van der Waals surface area contributed by atoms with Crippen molar-refractivity contribution in [3.63, 3.8) is 0 Å². The predicted molar refractivity (Wildman–Crippen MR) is 54.8 cm³/mol. The maximum atomic E-state index is 5.88. The summed E-state index contributed by atoms with van der Waals surface area (Å²) in [6.45, 7) is 2.18. The second-order valence-corrected chi connectivity index (χ2v) is 4.29. The Bertz CT molecular complexity index is 297. The topological polar surface area (TPSA) is 12.0 Å². The van der Waals surface area contributed by atoms with Gasteiger partial charge in [0.2, 0.25) is 0 Å². The fourth-order valence-electron chi connectivity index (χ4n) is 1.29. The summed E-state index contributed by atoms with van der Waals surface area (Å²) >= 11 is 9.30. The van der Waals surface area contributed by atoms with E-state index in [9.17, 15) is 0 Å². The summed E-state index contributed by atoms with van der Waals surface area (Å²) in [7, 11) is 0. The van der Waals surface area contributed by atoms with E-state index in [0.29, 0.717) is 5.92 Å². The van der Waals surface area contributed by atoms with Crippen LogP contribution >= 0.6 is 27.5 Å². The first kappa shape index (κ1) is 8.54. The fourth-order valence-corrected chi connectivity index (χ4v) is 1.80. The molecule has 1 aliphatic heterocycles. The second-order valence-electron chi connectivity index (χ2n) is 3.03. The third-order valence-corrected chi connectivity index (χ3v) is 3.41. The molecule has 0 saturated carbocycles. The Morgan fingerprint density at radius 2 is 2.17 bits per heavy atom. The summed E-state index contributed by atoms with van der Waals surface area (Å²) in [5.41, 5.74) is 1.37. The predicted octanol–water partition coefficient (Wildman–Crippen LogP) is 2.79. The molecule has 0 aromatic heterocycles. The number of rotatable bonds is 1. The summed E-state index contributed by atoms with van der Waals surface area (Å²) in [6, 6.07) is 6.14.